The zero-order valence-corrected chi connectivity index (χ0v) is 14.8. The number of nitro benzene ring substituents is 1. The molecule has 0 aromatic heterocycles. The number of halogens is 1. The molecular weight excluding hydrogens is 372 g/mol. The number of aliphatic imine (C=N–C) groups is 1. The van der Waals surface area contributed by atoms with Gasteiger partial charge in [0.25, 0.3) is 5.69 Å². The summed E-state index contributed by atoms with van der Waals surface area (Å²) in [6, 6.07) is 11.2. The molecule has 0 aliphatic carbocycles. The van der Waals surface area contributed by atoms with Crippen molar-refractivity contribution in [3.63, 3.8) is 0 Å². The summed E-state index contributed by atoms with van der Waals surface area (Å²) in [5, 5.41) is 10.8. The molecule has 2 aromatic carbocycles. The van der Waals surface area contributed by atoms with Crippen LogP contribution in [0.3, 0.4) is 0 Å². The molecule has 0 radical (unpaired) electrons. The third-order valence-electron chi connectivity index (χ3n) is 3.68. The van der Waals surface area contributed by atoms with Crippen LogP contribution < -0.4 is 4.74 Å². The number of non-ortho nitro benzene ring substituents is 1. The van der Waals surface area contributed by atoms with Crippen LogP contribution in [0.2, 0.25) is 5.02 Å². The van der Waals surface area contributed by atoms with E-state index in [1.54, 1.807) is 19.3 Å². The molecule has 0 unspecified atom stereocenters. The topological polar surface area (TPSA) is 91.0 Å². The number of ether oxygens (including phenoxy) is 2. The molecule has 1 heterocycles. The van der Waals surface area contributed by atoms with Crippen LogP contribution in [-0.2, 0) is 9.53 Å². The van der Waals surface area contributed by atoms with Crippen LogP contribution >= 0.6 is 11.6 Å². The summed E-state index contributed by atoms with van der Waals surface area (Å²) in [5.74, 6) is 0.0592. The second-order valence-corrected chi connectivity index (χ2v) is 5.79. The summed E-state index contributed by atoms with van der Waals surface area (Å²) in [6.45, 7) is 0. The van der Waals surface area contributed by atoms with Gasteiger partial charge in [-0.2, -0.15) is 0 Å². The summed E-state index contributed by atoms with van der Waals surface area (Å²) >= 11 is 6.04. The molecule has 0 amide bonds. The van der Waals surface area contributed by atoms with E-state index in [1.165, 1.54) is 24.3 Å². The lowest BCUT2D eigenvalue weighted by atomic mass is 10.2. The first-order valence-corrected chi connectivity index (χ1v) is 8.14. The number of carbonyl (C=O) groups is 1. The second-order valence-electron chi connectivity index (χ2n) is 5.38. The van der Waals surface area contributed by atoms with Gasteiger partial charge in [0, 0.05) is 17.7 Å². The summed E-state index contributed by atoms with van der Waals surface area (Å²) in [7, 11) is 1.57. The summed E-state index contributed by atoms with van der Waals surface area (Å²) in [4.78, 5) is 26.3. The molecule has 0 N–H and O–H groups in total. The van der Waals surface area contributed by atoms with Crippen LogP contribution in [0.1, 0.15) is 11.1 Å². The third kappa shape index (κ3) is 4.04. The Labute approximate surface area is 159 Å². The number of esters is 1. The van der Waals surface area contributed by atoms with Crippen molar-refractivity contribution in [1.29, 1.82) is 0 Å². The molecule has 27 heavy (non-hydrogen) atoms. The van der Waals surface area contributed by atoms with Crippen LogP contribution in [0.5, 0.6) is 5.75 Å². The number of hydrogen-bond donors (Lipinski definition) is 0. The van der Waals surface area contributed by atoms with Gasteiger partial charge in [0.05, 0.1) is 22.6 Å². The molecule has 0 atom stereocenters. The van der Waals surface area contributed by atoms with Crippen LogP contribution in [0.15, 0.2) is 65.3 Å². The Hall–Kier alpha value is -3.45. The quantitative estimate of drug-likeness (QED) is 0.334. The van der Waals surface area contributed by atoms with Crippen LogP contribution in [0.4, 0.5) is 5.69 Å². The molecule has 0 saturated carbocycles. The lowest BCUT2D eigenvalue weighted by molar-refractivity contribution is -0.384. The van der Waals surface area contributed by atoms with Crippen molar-refractivity contribution >= 4 is 35.2 Å². The summed E-state index contributed by atoms with van der Waals surface area (Å²) in [6.07, 6.45) is 4.92. The van der Waals surface area contributed by atoms with Crippen molar-refractivity contribution in [3.05, 3.63) is 86.6 Å². The Morgan fingerprint density at radius 2 is 2.04 bits per heavy atom. The monoisotopic (exact) mass is 384 g/mol. The standard InChI is InChI=1S/C19H13ClN2O5/c1-26-17-8-3-2-5-12(17)6-4-7-16-19(23)27-18(21-16)14-10-9-13(22(24)25)11-15(14)20/h2-11H,1H3. The van der Waals surface area contributed by atoms with Gasteiger partial charge in [-0.05, 0) is 18.2 Å². The lowest BCUT2D eigenvalue weighted by Crippen LogP contribution is -2.06. The highest BCUT2D eigenvalue weighted by molar-refractivity contribution is 6.34. The van der Waals surface area contributed by atoms with Crippen molar-refractivity contribution in [1.82, 2.24) is 0 Å². The number of hydrogen-bond acceptors (Lipinski definition) is 6. The average molecular weight is 385 g/mol. The smallest absolute Gasteiger partial charge is 0.363 e. The van der Waals surface area contributed by atoms with E-state index >= 15 is 0 Å². The Kier molecular flexibility index (Phi) is 5.33. The molecule has 0 bridgehead atoms. The minimum absolute atomic E-state index is 0.00293. The summed E-state index contributed by atoms with van der Waals surface area (Å²) < 4.78 is 10.4. The van der Waals surface area contributed by atoms with E-state index in [-0.39, 0.29) is 22.3 Å². The van der Waals surface area contributed by atoms with Gasteiger partial charge in [0.2, 0.25) is 5.90 Å². The Morgan fingerprint density at radius 3 is 2.74 bits per heavy atom. The maximum atomic E-state index is 12.0. The molecule has 7 nitrogen and oxygen atoms in total. The predicted molar refractivity (Wildman–Crippen MR) is 101 cm³/mol. The fourth-order valence-corrected chi connectivity index (χ4v) is 2.63. The molecule has 1 aliphatic heterocycles. The highest BCUT2D eigenvalue weighted by Crippen LogP contribution is 2.26. The van der Waals surface area contributed by atoms with Gasteiger partial charge in [-0.1, -0.05) is 42.0 Å². The lowest BCUT2D eigenvalue weighted by Gasteiger charge is -2.02. The molecule has 3 rings (SSSR count). The summed E-state index contributed by atoms with van der Waals surface area (Å²) in [5.41, 5.74) is 1.06. The SMILES string of the molecule is COc1ccccc1C=CC=C1N=C(c2ccc([N+](=O)[O-])cc2Cl)OC1=O. The molecule has 0 saturated heterocycles. The Morgan fingerprint density at radius 1 is 1.26 bits per heavy atom. The van der Waals surface area contributed by atoms with Gasteiger partial charge in [-0.15, -0.1) is 0 Å². The Bertz CT molecular complexity index is 1010. The number of benzene rings is 2. The van der Waals surface area contributed by atoms with E-state index in [0.717, 1.165) is 5.56 Å². The number of methoxy groups -OCH3 is 1. The highest BCUT2D eigenvalue weighted by atomic mass is 35.5. The van der Waals surface area contributed by atoms with E-state index in [9.17, 15) is 14.9 Å². The van der Waals surface area contributed by atoms with Gasteiger partial charge in [0.1, 0.15) is 5.75 Å². The largest absolute Gasteiger partial charge is 0.496 e. The van der Waals surface area contributed by atoms with Gasteiger partial charge < -0.3 is 9.47 Å². The molecule has 136 valence electrons. The molecular formula is C19H13ClN2O5. The number of allylic oxidation sites excluding steroid dienone is 2. The number of cyclic esters (lactones) is 1. The van der Waals surface area contributed by atoms with Crippen LogP contribution in [0, 0.1) is 10.1 Å². The van der Waals surface area contributed by atoms with Crippen molar-refractivity contribution in [2.24, 2.45) is 4.99 Å². The fourth-order valence-electron chi connectivity index (χ4n) is 2.38. The van der Waals surface area contributed by atoms with Gasteiger partial charge in [-0.25, -0.2) is 9.79 Å². The van der Waals surface area contributed by atoms with E-state index in [1.807, 2.05) is 24.3 Å². The van der Waals surface area contributed by atoms with Gasteiger partial charge in [-0.3, -0.25) is 10.1 Å². The van der Waals surface area contributed by atoms with Crippen molar-refractivity contribution in [2.45, 2.75) is 0 Å². The third-order valence-corrected chi connectivity index (χ3v) is 4.00. The van der Waals surface area contributed by atoms with Crippen molar-refractivity contribution in [2.75, 3.05) is 7.11 Å². The van der Waals surface area contributed by atoms with Gasteiger partial charge >= 0.3 is 5.97 Å². The van der Waals surface area contributed by atoms with E-state index in [0.29, 0.717) is 11.3 Å². The van der Waals surface area contributed by atoms with Gasteiger partial charge in [0.15, 0.2) is 5.70 Å². The highest BCUT2D eigenvalue weighted by Gasteiger charge is 2.26. The molecule has 8 heteroatoms. The minimum Gasteiger partial charge on any atom is -0.496 e. The van der Waals surface area contributed by atoms with Crippen LogP contribution in [0.25, 0.3) is 6.08 Å². The molecule has 2 aromatic rings. The van der Waals surface area contributed by atoms with Crippen molar-refractivity contribution in [3.8, 4) is 5.75 Å². The first-order chi connectivity index (χ1) is 13.0. The van der Waals surface area contributed by atoms with Crippen molar-refractivity contribution < 1.29 is 19.2 Å². The zero-order chi connectivity index (χ0) is 19.4. The maximum Gasteiger partial charge on any atom is 0.363 e. The number of carbonyl (C=O) groups excluding carboxylic acids is 1. The molecule has 0 spiro atoms. The maximum absolute atomic E-state index is 12.0. The van der Waals surface area contributed by atoms with E-state index in [4.69, 9.17) is 21.1 Å². The molecule has 0 fully saturated rings. The number of nitrogens with zero attached hydrogens (tertiary/aromatic N) is 2. The average Bonchev–Trinajstić information content (AvgIpc) is 3.02. The molecule has 1 aliphatic rings. The zero-order valence-electron chi connectivity index (χ0n) is 14.1. The number of nitro groups is 1. The normalized spacial score (nSPS) is 15.1. The van der Waals surface area contributed by atoms with Crippen LogP contribution in [-0.4, -0.2) is 23.9 Å². The first kappa shape index (κ1) is 18.3. The number of rotatable bonds is 5. The number of para-hydroxylation sites is 1. The minimum atomic E-state index is -0.635. The fraction of sp³-hybridized carbons (Fsp3) is 0.0526. The van der Waals surface area contributed by atoms with E-state index in [2.05, 4.69) is 4.99 Å². The second kappa shape index (κ2) is 7.84. The predicted octanol–water partition coefficient (Wildman–Crippen LogP) is 4.16. The van der Waals surface area contributed by atoms with E-state index < -0.39 is 10.9 Å². The first-order valence-electron chi connectivity index (χ1n) is 7.76. The Balaban J connectivity index is 1.85.